The molecule has 0 spiro atoms. The van der Waals surface area contributed by atoms with Crippen molar-refractivity contribution in [1.29, 1.82) is 0 Å². The summed E-state index contributed by atoms with van der Waals surface area (Å²) in [7, 11) is -1.26. The first-order chi connectivity index (χ1) is 8.13. The molecule has 2 rings (SSSR count). The number of sulfonamides is 1. The van der Waals surface area contributed by atoms with Gasteiger partial charge < -0.3 is 5.32 Å². The molecule has 0 radical (unpaired) electrons. The monoisotopic (exact) mass is 261 g/mol. The Balaban J connectivity index is 1.88. The van der Waals surface area contributed by atoms with E-state index in [-0.39, 0.29) is 5.75 Å². The van der Waals surface area contributed by atoms with E-state index in [1.165, 1.54) is 12.8 Å². The Hall–Kier alpha value is -0.170. The highest BCUT2D eigenvalue weighted by Crippen LogP contribution is 2.22. The van der Waals surface area contributed by atoms with Gasteiger partial charge >= 0.3 is 0 Å². The topological polar surface area (TPSA) is 52.7 Å². The maximum atomic E-state index is 12.0. The zero-order valence-electron chi connectivity index (χ0n) is 10.6. The van der Waals surface area contributed by atoms with Crippen LogP contribution in [-0.4, -0.2) is 69.2 Å². The molecular formula is C11H23N3O2S. The van der Waals surface area contributed by atoms with Gasteiger partial charge in [-0.3, -0.25) is 4.90 Å². The van der Waals surface area contributed by atoms with E-state index < -0.39 is 10.0 Å². The average Bonchev–Trinajstić information content (AvgIpc) is 2.95. The second kappa shape index (κ2) is 5.65. The van der Waals surface area contributed by atoms with Gasteiger partial charge in [-0.05, 0) is 39.4 Å². The lowest BCUT2D eigenvalue weighted by Gasteiger charge is -2.23. The van der Waals surface area contributed by atoms with Gasteiger partial charge in [0.2, 0.25) is 10.0 Å². The second-order valence-electron chi connectivity index (χ2n) is 4.96. The smallest absolute Gasteiger partial charge is 0.215 e. The minimum atomic E-state index is -3.04. The van der Waals surface area contributed by atoms with Crippen LogP contribution in [0, 0.1) is 0 Å². The molecule has 0 aromatic rings. The molecular weight excluding hydrogens is 238 g/mol. The molecule has 1 N–H and O–H groups in total. The van der Waals surface area contributed by atoms with Crippen molar-refractivity contribution in [2.24, 2.45) is 0 Å². The highest BCUT2D eigenvalue weighted by atomic mass is 32.2. The van der Waals surface area contributed by atoms with Crippen molar-refractivity contribution in [3.05, 3.63) is 0 Å². The first-order valence-electron chi connectivity index (χ1n) is 6.50. The normalized spacial score (nSPS) is 27.9. The summed E-state index contributed by atoms with van der Waals surface area (Å²) < 4.78 is 25.7. The molecule has 17 heavy (non-hydrogen) atoms. The maximum Gasteiger partial charge on any atom is 0.215 e. The summed E-state index contributed by atoms with van der Waals surface area (Å²) in [5, 5.41) is 2.90. The Bertz CT molecular complexity index is 339. The Morgan fingerprint density at radius 3 is 2.59 bits per heavy atom. The van der Waals surface area contributed by atoms with E-state index in [0.717, 1.165) is 19.5 Å². The van der Waals surface area contributed by atoms with Crippen LogP contribution in [0.2, 0.25) is 0 Å². The zero-order chi connectivity index (χ0) is 12.3. The van der Waals surface area contributed by atoms with Crippen LogP contribution in [0.3, 0.4) is 0 Å². The standard InChI is InChI=1S/C11H23N3O2S/c1-12-5-9-17(15,16)14-8-4-11(10-14)13-6-2-3-7-13/h11-12H,2-10H2,1H3. The number of nitrogens with zero attached hydrogens (tertiary/aromatic N) is 2. The molecule has 2 aliphatic heterocycles. The van der Waals surface area contributed by atoms with Gasteiger partial charge in [-0.2, -0.15) is 0 Å². The van der Waals surface area contributed by atoms with Crippen molar-refractivity contribution >= 4 is 10.0 Å². The fourth-order valence-electron chi connectivity index (χ4n) is 2.73. The number of hydrogen-bond donors (Lipinski definition) is 1. The molecule has 0 aromatic carbocycles. The molecule has 0 aliphatic carbocycles. The number of likely N-dealkylation sites (tertiary alicyclic amines) is 1. The quantitative estimate of drug-likeness (QED) is 0.739. The van der Waals surface area contributed by atoms with Crippen molar-refractivity contribution in [1.82, 2.24) is 14.5 Å². The average molecular weight is 261 g/mol. The summed E-state index contributed by atoms with van der Waals surface area (Å²) >= 11 is 0. The van der Waals surface area contributed by atoms with E-state index in [0.29, 0.717) is 25.7 Å². The van der Waals surface area contributed by atoms with E-state index in [1.807, 2.05) is 0 Å². The fraction of sp³-hybridized carbons (Fsp3) is 1.00. The highest BCUT2D eigenvalue weighted by Gasteiger charge is 2.34. The van der Waals surface area contributed by atoms with E-state index >= 15 is 0 Å². The molecule has 2 aliphatic rings. The molecule has 6 heteroatoms. The Morgan fingerprint density at radius 2 is 1.94 bits per heavy atom. The van der Waals surface area contributed by atoms with Crippen LogP contribution in [0.1, 0.15) is 19.3 Å². The lowest BCUT2D eigenvalue weighted by Crippen LogP contribution is -2.38. The lowest BCUT2D eigenvalue weighted by atomic mass is 10.2. The zero-order valence-corrected chi connectivity index (χ0v) is 11.4. The lowest BCUT2D eigenvalue weighted by molar-refractivity contribution is 0.251. The predicted octanol–water partition coefficient (Wildman–Crippen LogP) is -0.294. The summed E-state index contributed by atoms with van der Waals surface area (Å²) in [6.45, 7) is 4.23. The summed E-state index contributed by atoms with van der Waals surface area (Å²) in [6, 6.07) is 0.460. The molecule has 0 saturated carbocycles. The van der Waals surface area contributed by atoms with Gasteiger partial charge in [0.05, 0.1) is 5.75 Å². The number of nitrogens with one attached hydrogen (secondary N) is 1. The van der Waals surface area contributed by atoms with Gasteiger partial charge in [-0.15, -0.1) is 0 Å². The third-order valence-electron chi connectivity index (χ3n) is 3.79. The SMILES string of the molecule is CNCCS(=O)(=O)N1CCC(N2CCCC2)C1. The molecule has 0 aromatic heterocycles. The minimum absolute atomic E-state index is 0.218. The molecule has 2 fully saturated rings. The van der Waals surface area contributed by atoms with Gasteiger partial charge in [0.25, 0.3) is 0 Å². The van der Waals surface area contributed by atoms with Gasteiger partial charge in [-0.25, -0.2) is 12.7 Å². The second-order valence-corrected chi connectivity index (χ2v) is 7.05. The van der Waals surface area contributed by atoms with E-state index in [2.05, 4.69) is 10.2 Å². The third kappa shape index (κ3) is 3.19. The van der Waals surface area contributed by atoms with E-state index in [9.17, 15) is 8.42 Å². The Kier molecular flexibility index (Phi) is 4.41. The molecule has 5 nitrogen and oxygen atoms in total. The van der Waals surface area contributed by atoms with Crippen molar-refractivity contribution < 1.29 is 8.42 Å². The molecule has 1 atom stereocenters. The largest absolute Gasteiger partial charge is 0.319 e. The molecule has 0 bridgehead atoms. The van der Waals surface area contributed by atoms with E-state index in [1.54, 1.807) is 11.4 Å². The van der Waals surface area contributed by atoms with Crippen molar-refractivity contribution in [3.63, 3.8) is 0 Å². The number of hydrogen-bond acceptors (Lipinski definition) is 4. The Morgan fingerprint density at radius 1 is 1.24 bits per heavy atom. The van der Waals surface area contributed by atoms with Gasteiger partial charge in [-0.1, -0.05) is 0 Å². The van der Waals surface area contributed by atoms with Crippen molar-refractivity contribution in [2.75, 3.05) is 45.5 Å². The summed E-state index contributed by atoms with van der Waals surface area (Å²) in [5.74, 6) is 0.218. The summed E-state index contributed by atoms with van der Waals surface area (Å²) in [5.41, 5.74) is 0. The van der Waals surface area contributed by atoms with Crippen LogP contribution in [-0.2, 0) is 10.0 Å². The highest BCUT2D eigenvalue weighted by molar-refractivity contribution is 7.89. The first kappa shape index (κ1) is 13.3. The minimum Gasteiger partial charge on any atom is -0.319 e. The van der Waals surface area contributed by atoms with Crippen molar-refractivity contribution in [3.8, 4) is 0 Å². The van der Waals surface area contributed by atoms with Crippen LogP contribution in [0.5, 0.6) is 0 Å². The number of rotatable bonds is 5. The maximum absolute atomic E-state index is 12.0. The summed E-state index contributed by atoms with van der Waals surface area (Å²) in [4.78, 5) is 2.45. The van der Waals surface area contributed by atoms with Crippen LogP contribution >= 0.6 is 0 Å². The fourth-order valence-corrected chi connectivity index (χ4v) is 4.23. The predicted molar refractivity (Wildman–Crippen MR) is 68.5 cm³/mol. The van der Waals surface area contributed by atoms with Gasteiger partial charge in [0.1, 0.15) is 0 Å². The molecule has 100 valence electrons. The first-order valence-corrected chi connectivity index (χ1v) is 8.11. The third-order valence-corrected chi connectivity index (χ3v) is 5.63. The Labute approximate surface area is 104 Å². The molecule has 2 saturated heterocycles. The van der Waals surface area contributed by atoms with Gasteiger partial charge in [0, 0.05) is 25.7 Å². The van der Waals surface area contributed by atoms with Crippen molar-refractivity contribution in [2.45, 2.75) is 25.3 Å². The molecule has 1 unspecified atom stereocenters. The van der Waals surface area contributed by atoms with Gasteiger partial charge in [0.15, 0.2) is 0 Å². The summed E-state index contributed by atoms with van der Waals surface area (Å²) in [6.07, 6.45) is 3.53. The molecule has 2 heterocycles. The van der Waals surface area contributed by atoms with Crippen LogP contribution in [0.25, 0.3) is 0 Å². The van der Waals surface area contributed by atoms with Crippen LogP contribution in [0.4, 0.5) is 0 Å². The van der Waals surface area contributed by atoms with Crippen LogP contribution in [0.15, 0.2) is 0 Å². The van der Waals surface area contributed by atoms with E-state index in [4.69, 9.17) is 0 Å². The molecule has 0 amide bonds. The van der Waals surface area contributed by atoms with Crippen LogP contribution < -0.4 is 5.32 Å².